The third-order valence-corrected chi connectivity index (χ3v) is 3.49. The number of aromatic nitrogens is 1. The first kappa shape index (κ1) is 12.3. The first-order chi connectivity index (χ1) is 8.15. The molecule has 1 N–H and O–H groups in total. The highest BCUT2D eigenvalue weighted by atomic mass is 79.9. The van der Waals surface area contributed by atoms with Crippen LogP contribution >= 0.6 is 27.3 Å². The van der Waals surface area contributed by atoms with Gasteiger partial charge in [-0.25, -0.2) is 4.98 Å². The molecular weight excluding hydrogens is 304 g/mol. The van der Waals surface area contributed by atoms with Gasteiger partial charge >= 0.3 is 0 Å². The Kier molecular flexibility index (Phi) is 3.96. The van der Waals surface area contributed by atoms with E-state index in [2.05, 4.69) is 26.2 Å². The Balaban J connectivity index is 1.81. The quantitative estimate of drug-likeness (QED) is 0.944. The number of carbonyl (C=O) groups is 1. The summed E-state index contributed by atoms with van der Waals surface area (Å²) >= 11 is 4.80. The van der Waals surface area contributed by atoms with Crippen molar-refractivity contribution >= 4 is 33.2 Å². The second-order valence-corrected chi connectivity index (χ2v) is 5.58. The average Bonchev–Trinajstić information content (AvgIpc) is 2.88. The van der Waals surface area contributed by atoms with E-state index in [-0.39, 0.29) is 5.91 Å². The summed E-state index contributed by atoms with van der Waals surface area (Å²) in [6.45, 7) is 2.57. The first-order valence-corrected chi connectivity index (χ1v) is 6.71. The minimum Gasteiger partial charge on any atom is -0.444 e. The normalized spacial score (nSPS) is 10.5. The Morgan fingerprint density at radius 3 is 3.00 bits per heavy atom. The van der Waals surface area contributed by atoms with Gasteiger partial charge in [-0.2, -0.15) is 0 Å². The van der Waals surface area contributed by atoms with Crippen LogP contribution in [-0.2, 0) is 6.42 Å². The van der Waals surface area contributed by atoms with Crippen LogP contribution in [0.4, 0.5) is 0 Å². The second-order valence-electron chi connectivity index (χ2n) is 3.47. The molecule has 90 valence electrons. The molecule has 0 bridgehead atoms. The molecule has 0 radical (unpaired) electrons. The van der Waals surface area contributed by atoms with Gasteiger partial charge in [0.05, 0.1) is 5.01 Å². The number of hydrogen-bond donors (Lipinski definition) is 1. The summed E-state index contributed by atoms with van der Waals surface area (Å²) in [7, 11) is 0. The van der Waals surface area contributed by atoms with Crippen molar-refractivity contribution in [2.45, 2.75) is 13.3 Å². The number of rotatable bonds is 4. The van der Waals surface area contributed by atoms with Gasteiger partial charge in [-0.15, -0.1) is 11.3 Å². The number of amides is 1. The predicted molar refractivity (Wildman–Crippen MR) is 69.3 cm³/mol. The summed E-state index contributed by atoms with van der Waals surface area (Å²) < 4.78 is 5.70. The molecule has 0 atom stereocenters. The number of furan rings is 1. The lowest BCUT2D eigenvalue weighted by Gasteiger charge is -2.00. The first-order valence-electron chi connectivity index (χ1n) is 5.10. The summed E-state index contributed by atoms with van der Waals surface area (Å²) in [6.07, 6.45) is 2.58. The van der Waals surface area contributed by atoms with Gasteiger partial charge < -0.3 is 9.73 Å². The number of aryl methyl sites for hydroxylation is 1. The molecule has 0 aliphatic rings. The van der Waals surface area contributed by atoms with E-state index in [0.717, 1.165) is 11.4 Å². The summed E-state index contributed by atoms with van der Waals surface area (Å²) in [4.78, 5) is 17.0. The van der Waals surface area contributed by atoms with Crippen LogP contribution in [0.5, 0.6) is 0 Å². The van der Waals surface area contributed by atoms with E-state index in [1.165, 1.54) is 4.88 Å². The van der Waals surface area contributed by atoms with Crippen LogP contribution in [0.1, 0.15) is 20.4 Å². The number of carbonyl (C=O) groups excluding carboxylic acids is 1. The zero-order valence-electron chi connectivity index (χ0n) is 9.20. The molecule has 2 heterocycles. The SMILES string of the molecule is Cc1cnc(CCNC(=O)c2ccc(Br)o2)s1. The second kappa shape index (κ2) is 5.46. The van der Waals surface area contributed by atoms with Gasteiger partial charge in [-0.1, -0.05) is 0 Å². The minimum atomic E-state index is -0.205. The highest BCUT2D eigenvalue weighted by molar-refractivity contribution is 9.10. The molecule has 2 rings (SSSR count). The van der Waals surface area contributed by atoms with E-state index >= 15 is 0 Å². The molecule has 0 aliphatic heterocycles. The van der Waals surface area contributed by atoms with Crippen LogP contribution in [0.25, 0.3) is 0 Å². The maximum atomic E-state index is 11.6. The van der Waals surface area contributed by atoms with Crippen molar-refractivity contribution in [2.24, 2.45) is 0 Å². The van der Waals surface area contributed by atoms with Crippen molar-refractivity contribution in [1.29, 1.82) is 0 Å². The Hall–Kier alpha value is -1.14. The van der Waals surface area contributed by atoms with Crippen LogP contribution in [0.3, 0.4) is 0 Å². The molecule has 0 unspecified atom stereocenters. The van der Waals surface area contributed by atoms with E-state index < -0.39 is 0 Å². The number of nitrogens with zero attached hydrogens (tertiary/aromatic N) is 1. The fourth-order valence-electron chi connectivity index (χ4n) is 1.32. The van der Waals surface area contributed by atoms with Crippen LogP contribution in [-0.4, -0.2) is 17.4 Å². The zero-order valence-corrected chi connectivity index (χ0v) is 11.6. The van der Waals surface area contributed by atoms with E-state index in [0.29, 0.717) is 17.0 Å². The standard InChI is InChI=1S/C11H11BrN2O2S/c1-7-6-14-10(17-7)4-5-13-11(15)8-2-3-9(12)16-8/h2-3,6H,4-5H2,1H3,(H,13,15). The summed E-state index contributed by atoms with van der Waals surface area (Å²) in [5.41, 5.74) is 0. The van der Waals surface area contributed by atoms with Crippen LogP contribution in [0.15, 0.2) is 27.4 Å². The molecule has 2 aromatic heterocycles. The van der Waals surface area contributed by atoms with E-state index in [1.54, 1.807) is 23.5 Å². The summed E-state index contributed by atoms with van der Waals surface area (Å²) in [5.74, 6) is 0.108. The van der Waals surface area contributed by atoms with Gasteiger partial charge in [0.2, 0.25) is 0 Å². The fraction of sp³-hybridized carbons (Fsp3) is 0.273. The van der Waals surface area contributed by atoms with Crippen molar-refractivity contribution in [2.75, 3.05) is 6.54 Å². The highest BCUT2D eigenvalue weighted by Crippen LogP contribution is 2.14. The monoisotopic (exact) mass is 314 g/mol. The van der Waals surface area contributed by atoms with Gasteiger partial charge in [-0.3, -0.25) is 4.79 Å². The molecule has 0 saturated carbocycles. The van der Waals surface area contributed by atoms with Gasteiger partial charge in [0.25, 0.3) is 5.91 Å². The van der Waals surface area contributed by atoms with Gasteiger partial charge in [0.15, 0.2) is 10.4 Å². The van der Waals surface area contributed by atoms with Crippen LogP contribution in [0, 0.1) is 6.92 Å². The topological polar surface area (TPSA) is 55.1 Å². The maximum absolute atomic E-state index is 11.6. The maximum Gasteiger partial charge on any atom is 0.287 e. The number of thiazole rings is 1. The Morgan fingerprint density at radius 2 is 2.41 bits per heavy atom. The van der Waals surface area contributed by atoms with Crippen molar-refractivity contribution < 1.29 is 9.21 Å². The molecule has 0 fully saturated rings. The van der Waals surface area contributed by atoms with Crippen molar-refractivity contribution in [3.63, 3.8) is 0 Å². The number of hydrogen-bond acceptors (Lipinski definition) is 4. The Labute approximate surface area is 111 Å². The largest absolute Gasteiger partial charge is 0.444 e. The third kappa shape index (κ3) is 3.41. The molecule has 0 aromatic carbocycles. The smallest absolute Gasteiger partial charge is 0.287 e. The molecule has 0 spiro atoms. The van der Waals surface area contributed by atoms with E-state index in [9.17, 15) is 4.79 Å². The van der Waals surface area contributed by atoms with Crippen LogP contribution < -0.4 is 5.32 Å². The van der Waals surface area contributed by atoms with Crippen molar-refractivity contribution in [3.8, 4) is 0 Å². The average molecular weight is 315 g/mol. The minimum absolute atomic E-state index is 0.205. The summed E-state index contributed by atoms with van der Waals surface area (Å²) in [6, 6.07) is 3.33. The lowest BCUT2D eigenvalue weighted by atomic mass is 10.4. The Morgan fingerprint density at radius 1 is 1.59 bits per heavy atom. The molecular formula is C11H11BrN2O2S. The van der Waals surface area contributed by atoms with Gasteiger partial charge in [-0.05, 0) is 35.0 Å². The van der Waals surface area contributed by atoms with Crippen LogP contribution in [0.2, 0.25) is 0 Å². The number of nitrogens with one attached hydrogen (secondary N) is 1. The van der Waals surface area contributed by atoms with Gasteiger partial charge in [0.1, 0.15) is 0 Å². The molecule has 1 amide bonds. The van der Waals surface area contributed by atoms with Crippen molar-refractivity contribution in [1.82, 2.24) is 10.3 Å². The molecule has 17 heavy (non-hydrogen) atoms. The fourth-order valence-corrected chi connectivity index (χ4v) is 2.42. The number of halogens is 1. The highest BCUT2D eigenvalue weighted by Gasteiger charge is 2.09. The molecule has 0 aliphatic carbocycles. The Bertz CT molecular complexity index is 521. The molecule has 2 aromatic rings. The predicted octanol–water partition coefficient (Wildman–Crippen LogP) is 2.78. The lowest BCUT2D eigenvalue weighted by Crippen LogP contribution is -2.25. The van der Waals surface area contributed by atoms with E-state index in [4.69, 9.17) is 4.42 Å². The van der Waals surface area contributed by atoms with Crippen molar-refractivity contribution in [3.05, 3.63) is 38.6 Å². The van der Waals surface area contributed by atoms with E-state index in [1.807, 2.05) is 13.1 Å². The third-order valence-electron chi connectivity index (χ3n) is 2.09. The lowest BCUT2D eigenvalue weighted by molar-refractivity contribution is 0.0925. The molecule has 4 nitrogen and oxygen atoms in total. The molecule has 6 heteroatoms. The zero-order chi connectivity index (χ0) is 12.3. The van der Waals surface area contributed by atoms with Gasteiger partial charge in [0, 0.05) is 24.0 Å². The molecule has 0 saturated heterocycles. The summed E-state index contributed by atoms with van der Waals surface area (Å²) in [5, 5.41) is 3.81.